The summed E-state index contributed by atoms with van der Waals surface area (Å²) in [7, 11) is 0. The van der Waals surface area contributed by atoms with Crippen LogP contribution in [0.2, 0.25) is 0 Å². The Labute approximate surface area is 154 Å². The number of hydrogen-bond acceptors (Lipinski definition) is 3. The molecule has 130 valence electrons. The number of carbonyl (C=O) groups is 3. The third-order valence-corrected chi connectivity index (χ3v) is 3.79. The number of rotatable bonds is 5. The lowest BCUT2D eigenvalue weighted by Gasteiger charge is -2.12. The van der Waals surface area contributed by atoms with Crippen LogP contribution in [0.25, 0.3) is 0 Å². The van der Waals surface area contributed by atoms with Crippen molar-refractivity contribution >= 4 is 45.0 Å². The van der Waals surface area contributed by atoms with Gasteiger partial charge in [0.05, 0.1) is 11.4 Å². The Kier molecular flexibility index (Phi) is 6.30. The van der Waals surface area contributed by atoms with Crippen LogP contribution in [0.1, 0.15) is 29.8 Å². The summed E-state index contributed by atoms with van der Waals surface area (Å²) < 4.78 is 0.780. The highest BCUT2D eigenvalue weighted by atomic mass is 79.9. The second kappa shape index (κ2) is 8.43. The van der Waals surface area contributed by atoms with Gasteiger partial charge in [-0.15, -0.1) is 0 Å². The summed E-state index contributed by atoms with van der Waals surface area (Å²) >= 11 is 3.35. The van der Waals surface area contributed by atoms with Crippen LogP contribution in [0.3, 0.4) is 0 Å². The lowest BCUT2D eigenvalue weighted by Crippen LogP contribution is -2.19. The van der Waals surface area contributed by atoms with E-state index in [-0.39, 0.29) is 17.7 Å². The molecule has 0 radical (unpaired) electrons. The Bertz CT molecular complexity index is 804. The van der Waals surface area contributed by atoms with Crippen molar-refractivity contribution in [3.8, 4) is 0 Å². The molecule has 25 heavy (non-hydrogen) atoms. The first kappa shape index (κ1) is 18.7. The fraction of sp³-hybridized carbons (Fsp3) is 0.167. The summed E-state index contributed by atoms with van der Waals surface area (Å²) in [4.78, 5) is 34.6. The average molecular weight is 404 g/mol. The van der Waals surface area contributed by atoms with Gasteiger partial charge in [-0.1, -0.05) is 28.1 Å². The lowest BCUT2D eigenvalue weighted by atomic mass is 10.1. The molecular weight excluding hydrogens is 386 g/mol. The predicted octanol–water partition coefficient (Wildman–Crippen LogP) is 3.30. The van der Waals surface area contributed by atoms with Gasteiger partial charge in [0, 0.05) is 30.4 Å². The van der Waals surface area contributed by atoms with Gasteiger partial charge < -0.3 is 16.0 Å². The second-order valence-corrected chi connectivity index (χ2v) is 6.35. The van der Waals surface area contributed by atoms with E-state index in [0.717, 1.165) is 10.0 Å². The minimum atomic E-state index is -0.296. The molecule has 0 unspecified atom stereocenters. The molecule has 6 nitrogen and oxygen atoms in total. The van der Waals surface area contributed by atoms with Crippen molar-refractivity contribution in [2.45, 2.75) is 20.4 Å². The molecule has 0 aliphatic carbocycles. The zero-order valence-electron chi connectivity index (χ0n) is 13.9. The van der Waals surface area contributed by atoms with E-state index in [9.17, 15) is 14.4 Å². The zero-order valence-corrected chi connectivity index (χ0v) is 15.4. The molecule has 0 aliphatic heterocycles. The van der Waals surface area contributed by atoms with Crippen molar-refractivity contribution in [2.75, 3.05) is 10.6 Å². The van der Waals surface area contributed by atoms with Gasteiger partial charge >= 0.3 is 0 Å². The van der Waals surface area contributed by atoms with E-state index >= 15 is 0 Å². The van der Waals surface area contributed by atoms with E-state index in [4.69, 9.17) is 0 Å². The molecule has 0 saturated carbocycles. The monoisotopic (exact) mass is 403 g/mol. The summed E-state index contributed by atoms with van der Waals surface area (Å²) in [5.41, 5.74) is 2.39. The molecule has 2 aromatic carbocycles. The molecule has 3 N–H and O–H groups in total. The number of halogens is 1. The van der Waals surface area contributed by atoms with Gasteiger partial charge in [0.2, 0.25) is 11.8 Å². The Morgan fingerprint density at radius 1 is 0.880 bits per heavy atom. The number of anilines is 2. The normalized spacial score (nSPS) is 10.0. The number of amides is 3. The van der Waals surface area contributed by atoms with E-state index < -0.39 is 0 Å². The Morgan fingerprint density at radius 3 is 2.16 bits per heavy atom. The molecule has 0 bridgehead atoms. The van der Waals surface area contributed by atoms with E-state index in [1.54, 1.807) is 42.5 Å². The third kappa shape index (κ3) is 5.72. The van der Waals surface area contributed by atoms with Gasteiger partial charge in [0.25, 0.3) is 5.91 Å². The standard InChI is InChI=1S/C18H18BrN3O3/c1-11(23)20-10-13-3-5-14(6-4-13)18(25)22-17-9-15(19)7-8-16(17)21-12(2)24/h3-9H,10H2,1-2H3,(H,20,23)(H,21,24)(H,22,25). The van der Waals surface area contributed by atoms with E-state index in [0.29, 0.717) is 23.5 Å². The van der Waals surface area contributed by atoms with Crippen LogP contribution in [-0.4, -0.2) is 17.7 Å². The van der Waals surface area contributed by atoms with Gasteiger partial charge in [0.15, 0.2) is 0 Å². The summed E-state index contributed by atoms with van der Waals surface area (Å²) in [5, 5.41) is 8.17. The Morgan fingerprint density at radius 2 is 1.56 bits per heavy atom. The van der Waals surface area contributed by atoms with Crippen molar-refractivity contribution < 1.29 is 14.4 Å². The van der Waals surface area contributed by atoms with Crippen LogP contribution in [0.4, 0.5) is 11.4 Å². The summed E-state index contributed by atoms with van der Waals surface area (Å²) in [5.74, 6) is -0.627. The van der Waals surface area contributed by atoms with Crippen molar-refractivity contribution in [1.29, 1.82) is 0 Å². The fourth-order valence-corrected chi connectivity index (χ4v) is 2.47. The first-order valence-corrected chi connectivity index (χ1v) is 8.36. The topological polar surface area (TPSA) is 87.3 Å². The number of hydrogen-bond donors (Lipinski definition) is 3. The molecule has 0 aromatic heterocycles. The molecule has 0 atom stereocenters. The van der Waals surface area contributed by atoms with Gasteiger partial charge in [-0.3, -0.25) is 14.4 Å². The highest BCUT2D eigenvalue weighted by Crippen LogP contribution is 2.26. The maximum atomic E-state index is 12.4. The molecule has 7 heteroatoms. The lowest BCUT2D eigenvalue weighted by molar-refractivity contribution is -0.119. The molecule has 0 aliphatic rings. The van der Waals surface area contributed by atoms with E-state index in [2.05, 4.69) is 31.9 Å². The van der Waals surface area contributed by atoms with Crippen LogP contribution in [0, 0.1) is 0 Å². The molecule has 0 spiro atoms. The van der Waals surface area contributed by atoms with Crippen LogP contribution in [-0.2, 0) is 16.1 Å². The molecule has 2 aromatic rings. The number of benzene rings is 2. The van der Waals surface area contributed by atoms with Crippen LogP contribution >= 0.6 is 15.9 Å². The van der Waals surface area contributed by atoms with Crippen molar-refractivity contribution in [2.24, 2.45) is 0 Å². The molecule has 0 fully saturated rings. The first-order chi connectivity index (χ1) is 11.8. The van der Waals surface area contributed by atoms with Gasteiger partial charge in [-0.2, -0.15) is 0 Å². The Hall–Kier alpha value is -2.67. The zero-order chi connectivity index (χ0) is 18.4. The Balaban J connectivity index is 2.12. The highest BCUT2D eigenvalue weighted by Gasteiger charge is 2.11. The summed E-state index contributed by atoms with van der Waals surface area (Å²) in [6, 6.07) is 12.1. The molecular formula is C18H18BrN3O3. The maximum Gasteiger partial charge on any atom is 0.255 e. The van der Waals surface area contributed by atoms with Crippen molar-refractivity contribution in [3.05, 3.63) is 58.1 Å². The third-order valence-electron chi connectivity index (χ3n) is 3.30. The van der Waals surface area contributed by atoms with Gasteiger partial charge in [0.1, 0.15) is 0 Å². The SMILES string of the molecule is CC(=O)NCc1ccc(C(=O)Nc2cc(Br)ccc2NC(C)=O)cc1. The average Bonchev–Trinajstić information content (AvgIpc) is 2.55. The summed E-state index contributed by atoms with van der Waals surface area (Å²) in [6.45, 7) is 3.27. The quantitative estimate of drug-likeness (QED) is 0.715. The van der Waals surface area contributed by atoms with Crippen molar-refractivity contribution in [3.63, 3.8) is 0 Å². The molecule has 0 heterocycles. The number of nitrogens with one attached hydrogen (secondary N) is 3. The van der Waals surface area contributed by atoms with Crippen LogP contribution in [0.5, 0.6) is 0 Å². The van der Waals surface area contributed by atoms with E-state index in [1.165, 1.54) is 13.8 Å². The van der Waals surface area contributed by atoms with Crippen LogP contribution < -0.4 is 16.0 Å². The molecule has 3 amide bonds. The number of carbonyl (C=O) groups excluding carboxylic acids is 3. The summed E-state index contributed by atoms with van der Waals surface area (Å²) in [6.07, 6.45) is 0. The van der Waals surface area contributed by atoms with Gasteiger partial charge in [-0.05, 0) is 35.9 Å². The van der Waals surface area contributed by atoms with Crippen LogP contribution in [0.15, 0.2) is 46.9 Å². The largest absolute Gasteiger partial charge is 0.352 e. The molecule has 0 saturated heterocycles. The fourth-order valence-electron chi connectivity index (χ4n) is 2.11. The minimum Gasteiger partial charge on any atom is -0.352 e. The highest BCUT2D eigenvalue weighted by molar-refractivity contribution is 9.10. The first-order valence-electron chi connectivity index (χ1n) is 7.57. The van der Waals surface area contributed by atoms with Gasteiger partial charge in [-0.25, -0.2) is 0 Å². The van der Waals surface area contributed by atoms with E-state index in [1.807, 2.05) is 0 Å². The molecule has 2 rings (SSSR count). The minimum absolute atomic E-state index is 0.109. The smallest absolute Gasteiger partial charge is 0.255 e. The second-order valence-electron chi connectivity index (χ2n) is 5.43. The predicted molar refractivity (Wildman–Crippen MR) is 100 cm³/mol. The maximum absolute atomic E-state index is 12.4. The van der Waals surface area contributed by atoms with Crippen molar-refractivity contribution in [1.82, 2.24) is 5.32 Å².